The Hall–Kier alpha value is -3.00. The summed E-state index contributed by atoms with van der Waals surface area (Å²) in [7, 11) is 0. The number of nitrogens with one attached hydrogen (secondary N) is 2. The molecule has 0 radical (unpaired) electrons. The molecule has 2 aromatic rings. The summed E-state index contributed by atoms with van der Waals surface area (Å²) in [5, 5.41) is 16.0. The maximum atomic E-state index is 12.8. The normalized spacial score (nSPS) is 26.5. The van der Waals surface area contributed by atoms with Crippen molar-refractivity contribution in [1.29, 1.82) is 0 Å². The van der Waals surface area contributed by atoms with E-state index >= 15 is 0 Å². The molecule has 162 valence electrons. The fourth-order valence-corrected chi connectivity index (χ4v) is 4.08. The molecule has 7 nitrogen and oxygen atoms in total. The van der Waals surface area contributed by atoms with Gasteiger partial charge in [-0.15, -0.1) is 0 Å². The van der Waals surface area contributed by atoms with E-state index in [1.54, 1.807) is 68.5 Å². The Morgan fingerprint density at radius 3 is 1.94 bits per heavy atom. The second-order valence-electron chi connectivity index (χ2n) is 8.15. The lowest BCUT2D eigenvalue weighted by atomic mass is 9.86. The summed E-state index contributed by atoms with van der Waals surface area (Å²) in [5.74, 6) is -1.43. The highest BCUT2D eigenvalue weighted by atomic mass is 16.8. The third-order valence-electron chi connectivity index (χ3n) is 5.48. The van der Waals surface area contributed by atoms with Gasteiger partial charge in [0.15, 0.2) is 5.79 Å². The first-order valence-corrected chi connectivity index (χ1v) is 10.3. The molecule has 1 saturated heterocycles. The van der Waals surface area contributed by atoms with Gasteiger partial charge in [0.05, 0.1) is 18.7 Å². The van der Waals surface area contributed by atoms with E-state index in [9.17, 15) is 14.7 Å². The summed E-state index contributed by atoms with van der Waals surface area (Å²) in [6.07, 6.45) is 0.651. The van der Waals surface area contributed by atoms with Crippen molar-refractivity contribution in [3.05, 3.63) is 83.4 Å². The number of carbonyl (C=O) groups excluding carboxylic acids is 2. The largest absolute Gasteiger partial charge is 0.392 e. The fourth-order valence-electron chi connectivity index (χ4n) is 4.08. The monoisotopic (exact) mass is 422 g/mol. The lowest BCUT2D eigenvalue weighted by molar-refractivity contribution is -0.148. The second kappa shape index (κ2) is 8.63. The summed E-state index contributed by atoms with van der Waals surface area (Å²) in [6, 6.07) is 16.6. The molecule has 0 spiro atoms. The molecule has 1 aliphatic carbocycles. The molecule has 0 unspecified atom stereocenters. The minimum absolute atomic E-state index is 0.252. The average molecular weight is 422 g/mol. The molecule has 2 amide bonds. The molecule has 0 bridgehead atoms. The number of fused-ring (bicyclic) bond motifs is 1. The quantitative estimate of drug-likeness (QED) is 0.641. The van der Waals surface area contributed by atoms with Crippen LogP contribution in [0.3, 0.4) is 0 Å². The van der Waals surface area contributed by atoms with E-state index in [0.717, 1.165) is 0 Å². The van der Waals surface area contributed by atoms with Crippen LogP contribution in [0.1, 0.15) is 34.6 Å². The lowest BCUT2D eigenvalue weighted by Gasteiger charge is -2.37. The number of hydrogen-bond acceptors (Lipinski definition) is 5. The van der Waals surface area contributed by atoms with Crippen LogP contribution in [-0.2, 0) is 9.47 Å². The Morgan fingerprint density at radius 2 is 1.39 bits per heavy atom. The summed E-state index contributed by atoms with van der Waals surface area (Å²) in [5.41, 5.74) is 1.59. The van der Waals surface area contributed by atoms with Crippen molar-refractivity contribution in [2.24, 2.45) is 0 Å². The van der Waals surface area contributed by atoms with Crippen LogP contribution >= 0.6 is 0 Å². The van der Waals surface area contributed by atoms with Crippen molar-refractivity contribution >= 4 is 11.8 Å². The minimum atomic E-state index is -0.903. The third kappa shape index (κ3) is 4.54. The van der Waals surface area contributed by atoms with Gasteiger partial charge in [0.2, 0.25) is 0 Å². The SMILES string of the molecule is CC1(C)O[C@@H]2[C@H](O1)[C@@H](NC(=O)c1ccccc1)C=C(CO)[C@H]2NC(=O)c1ccccc1. The van der Waals surface area contributed by atoms with E-state index in [4.69, 9.17) is 9.47 Å². The van der Waals surface area contributed by atoms with Crippen LogP contribution < -0.4 is 10.6 Å². The molecule has 0 aromatic heterocycles. The Balaban J connectivity index is 1.61. The first-order valence-electron chi connectivity index (χ1n) is 10.3. The summed E-state index contributed by atoms with van der Waals surface area (Å²) in [6.45, 7) is 3.29. The van der Waals surface area contributed by atoms with E-state index in [1.165, 1.54) is 0 Å². The van der Waals surface area contributed by atoms with E-state index in [-0.39, 0.29) is 18.4 Å². The molecule has 1 aliphatic heterocycles. The first kappa shape index (κ1) is 21.2. The predicted octanol–water partition coefficient (Wildman–Crippen LogP) is 2.04. The van der Waals surface area contributed by atoms with E-state index < -0.39 is 30.1 Å². The zero-order valence-electron chi connectivity index (χ0n) is 17.4. The molecule has 7 heteroatoms. The van der Waals surface area contributed by atoms with Crippen LogP contribution in [-0.4, -0.2) is 53.6 Å². The number of ether oxygens (including phenoxy) is 2. The van der Waals surface area contributed by atoms with Crippen LogP contribution in [0.25, 0.3) is 0 Å². The Bertz CT molecular complexity index is 974. The molecular weight excluding hydrogens is 396 g/mol. The van der Waals surface area contributed by atoms with Crippen molar-refractivity contribution in [3.8, 4) is 0 Å². The Kier molecular flexibility index (Phi) is 5.91. The number of rotatable bonds is 5. The van der Waals surface area contributed by atoms with Gasteiger partial charge in [-0.3, -0.25) is 9.59 Å². The molecule has 4 atom stereocenters. The molecule has 4 rings (SSSR count). The highest BCUT2D eigenvalue weighted by molar-refractivity contribution is 5.95. The maximum Gasteiger partial charge on any atom is 0.251 e. The van der Waals surface area contributed by atoms with Crippen molar-refractivity contribution < 1.29 is 24.2 Å². The molecular formula is C24H26N2O5. The van der Waals surface area contributed by atoms with Crippen molar-refractivity contribution in [3.63, 3.8) is 0 Å². The summed E-state index contributed by atoms with van der Waals surface area (Å²) < 4.78 is 12.2. The van der Waals surface area contributed by atoms with E-state index in [1.807, 2.05) is 12.1 Å². The number of carbonyl (C=O) groups is 2. The summed E-state index contributed by atoms with van der Waals surface area (Å²) in [4.78, 5) is 25.5. The fraction of sp³-hybridized carbons (Fsp3) is 0.333. The predicted molar refractivity (Wildman–Crippen MR) is 114 cm³/mol. The number of benzene rings is 2. The number of hydrogen-bond donors (Lipinski definition) is 3. The van der Waals surface area contributed by atoms with Crippen molar-refractivity contribution in [1.82, 2.24) is 10.6 Å². The maximum absolute atomic E-state index is 12.8. The van der Waals surface area contributed by atoms with Gasteiger partial charge < -0.3 is 25.2 Å². The van der Waals surface area contributed by atoms with Gasteiger partial charge in [-0.05, 0) is 43.7 Å². The van der Waals surface area contributed by atoms with Crippen molar-refractivity contribution in [2.75, 3.05) is 6.61 Å². The highest BCUT2D eigenvalue weighted by Gasteiger charge is 2.52. The van der Waals surface area contributed by atoms with Gasteiger partial charge in [0.25, 0.3) is 11.8 Å². The molecule has 0 saturated carbocycles. The van der Waals surface area contributed by atoms with Crippen LogP contribution in [0.2, 0.25) is 0 Å². The van der Waals surface area contributed by atoms with Crippen LogP contribution in [0.15, 0.2) is 72.3 Å². The van der Waals surface area contributed by atoms with Crippen LogP contribution in [0.4, 0.5) is 0 Å². The highest BCUT2D eigenvalue weighted by Crippen LogP contribution is 2.37. The molecule has 31 heavy (non-hydrogen) atoms. The topological polar surface area (TPSA) is 96.9 Å². The first-order chi connectivity index (χ1) is 14.9. The second-order valence-corrected chi connectivity index (χ2v) is 8.15. The zero-order valence-corrected chi connectivity index (χ0v) is 17.4. The smallest absolute Gasteiger partial charge is 0.251 e. The molecule has 2 aliphatic rings. The van der Waals surface area contributed by atoms with Gasteiger partial charge in [0.1, 0.15) is 12.2 Å². The number of amides is 2. The van der Waals surface area contributed by atoms with Gasteiger partial charge >= 0.3 is 0 Å². The van der Waals surface area contributed by atoms with Crippen LogP contribution in [0, 0.1) is 0 Å². The van der Waals surface area contributed by atoms with E-state index in [0.29, 0.717) is 16.7 Å². The van der Waals surface area contributed by atoms with Gasteiger partial charge in [0, 0.05) is 11.1 Å². The Labute approximate surface area is 181 Å². The average Bonchev–Trinajstić information content (AvgIpc) is 3.11. The third-order valence-corrected chi connectivity index (χ3v) is 5.48. The van der Waals surface area contributed by atoms with Crippen molar-refractivity contribution in [2.45, 2.75) is 43.9 Å². The van der Waals surface area contributed by atoms with Gasteiger partial charge in [-0.1, -0.05) is 42.5 Å². The molecule has 2 aromatic carbocycles. The number of aliphatic hydroxyl groups is 1. The van der Waals surface area contributed by atoms with Gasteiger partial charge in [-0.25, -0.2) is 0 Å². The molecule has 3 N–H and O–H groups in total. The molecule has 1 heterocycles. The Morgan fingerprint density at radius 1 is 0.871 bits per heavy atom. The standard InChI is InChI=1S/C24H26N2O5/c1-24(2)30-20-18(25-22(28)15-9-5-3-6-10-15)13-17(14-27)19(21(20)31-24)26-23(29)16-11-7-4-8-12-16/h3-13,18-21,27H,14H2,1-2H3,(H,25,28)(H,26,29)/t18-,19+,20+,21-/m0/s1. The van der Waals surface area contributed by atoms with Gasteiger partial charge in [-0.2, -0.15) is 0 Å². The zero-order chi connectivity index (χ0) is 22.0. The number of aliphatic hydroxyl groups excluding tert-OH is 1. The van der Waals surface area contributed by atoms with E-state index in [2.05, 4.69) is 10.6 Å². The lowest BCUT2D eigenvalue weighted by Crippen LogP contribution is -2.58. The molecule has 1 fully saturated rings. The van der Waals surface area contributed by atoms with Crippen LogP contribution in [0.5, 0.6) is 0 Å². The minimum Gasteiger partial charge on any atom is -0.392 e. The summed E-state index contributed by atoms with van der Waals surface area (Å²) >= 11 is 0.